The van der Waals surface area contributed by atoms with E-state index in [4.69, 9.17) is 5.11 Å². The summed E-state index contributed by atoms with van der Waals surface area (Å²) in [6.45, 7) is 0. The summed E-state index contributed by atoms with van der Waals surface area (Å²) in [6.07, 6.45) is 2.00. The molecule has 0 spiro atoms. The van der Waals surface area contributed by atoms with Crippen LogP contribution >= 0.6 is 11.8 Å². The number of thioether (sulfide) groups is 1. The largest absolute Gasteiger partial charge is 0.478 e. The number of carboxylic acids is 1. The molecule has 7 heteroatoms. The molecule has 1 aliphatic heterocycles. The van der Waals surface area contributed by atoms with Crippen LogP contribution in [0.5, 0.6) is 0 Å². The standard InChI is InChI=1S/C13H15FN2O3S/c14-11-4-3-8(6-10(11)12(17)18)15-13(19)16-9-2-1-5-20-7-9/h3-4,6,9H,1-2,5,7H2,(H,17,18)(H2,15,16,19). The molecule has 1 heterocycles. The molecule has 0 aliphatic carbocycles. The lowest BCUT2D eigenvalue weighted by Gasteiger charge is -2.22. The molecule has 1 fully saturated rings. The van der Waals surface area contributed by atoms with Crippen LogP contribution in [0.3, 0.4) is 0 Å². The molecule has 1 aliphatic rings. The van der Waals surface area contributed by atoms with Gasteiger partial charge in [0.1, 0.15) is 5.82 Å². The van der Waals surface area contributed by atoms with Crippen molar-refractivity contribution in [1.29, 1.82) is 0 Å². The number of halogens is 1. The van der Waals surface area contributed by atoms with Gasteiger partial charge in [0.2, 0.25) is 0 Å². The number of benzene rings is 1. The van der Waals surface area contributed by atoms with E-state index in [1.807, 2.05) is 0 Å². The number of aromatic carboxylic acids is 1. The number of carboxylic acid groups (broad SMARTS) is 1. The van der Waals surface area contributed by atoms with E-state index < -0.39 is 23.4 Å². The zero-order valence-corrected chi connectivity index (χ0v) is 11.5. The van der Waals surface area contributed by atoms with Gasteiger partial charge >= 0.3 is 12.0 Å². The Labute approximate surface area is 119 Å². The van der Waals surface area contributed by atoms with Crippen LogP contribution in [-0.4, -0.2) is 34.7 Å². The number of nitrogens with one attached hydrogen (secondary N) is 2. The zero-order valence-electron chi connectivity index (χ0n) is 10.7. The van der Waals surface area contributed by atoms with Gasteiger partial charge in [-0.2, -0.15) is 11.8 Å². The second-order valence-electron chi connectivity index (χ2n) is 4.51. The quantitative estimate of drug-likeness (QED) is 0.801. The second-order valence-corrected chi connectivity index (χ2v) is 5.66. The van der Waals surface area contributed by atoms with Crippen LogP contribution in [0.2, 0.25) is 0 Å². The molecule has 108 valence electrons. The monoisotopic (exact) mass is 298 g/mol. The number of carbonyl (C=O) groups excluding carboxylic acids is 1. The number of hydrogen-bond acceptors (Lipinski definition) is 3. The molecule has 0 radical (unpaired) electrons. The third kappa shape index (κ3) is 3.86. The number of amides is 2. The van der Waals surface area contributed by atoms with Crippen LogP contribution in [0.25, 0.3) is 0 Å². The summed E-state index contributed by atoms with van der Waals surface area (Å²) in [5.41, 5.74) is -0.208. The van der Waals surface area contributed by atoms with Gasteiger partial charge in [-0.15, -0.1) is 0 Å². The Balaban J connectivity index is 1.96. The first-order chi connectivity index (χ1) is 9.56. The summed E-state index contributed by atoms with van der Waals surface area (Å²) in [4.78, 5) is 22.6. The number of rotatable bonds is 3. The third-order valence-corrected chi connectivity index (χ3v) is 4.17. The minimum absolute atomic E-state index is 0.119. The zero-order chi connectivity index (χ0) is 14.5. The highest BCUT2D eigenvalue weighted by atomic mass is 32.2. The first-order valence-corrected chi connectivity index (χ1v) is 7.40. The summed E-state index contributed by atoms with van der Waals surface area (Å²) in [6, 6.07) is 3.17. The van der Waals surface area contributed by atoms with Crippen molar-refractivity contribution in [3.63, 3.8) is 0 Å². The Kier molecular flexibility index (Phi) is 4.84. The molecular weight excluding hydrogens is 283 g/mol. The van der Waals surface area contributed by atoms with Crippen LogP contribution in [0, 0.1) is 5.82 Å². The summed E-state index contributed by atoms with van der Waals surface area (Å²) < 4.78 is 13.2. The molecule has 1 aromatic carbocycles. The first kappa shape index (κ1) is 14.6. The summed E-state index contributed by atoms with van der Waals surface area (Å²) >= 11 is 1.79. The fourth-order valence-electron chi connectivity index (χ4n) is 1.97. The molecular formula is C13H15FN2O3S. The van der Waals surface area contributed by atoms with Gasteiger partial charge in [-0.25, -0.2) is 14.0 Å². The second kappa shape index (κ2) is 6.60. The van der Waals surface area contributed by atoms with Gasteiger partial charge in [-0.3, -0.25) is 0 Å². The van der Waals surface area contributed by atoms with Gasteiger partial charge in [0.05, 0.1) is 5.56 Å². The van der Waals surface area contributed by atoms with Crippen molar-refractivity contribution in [2.24, 2.45) is 0 Å². The smallest absolute Gasteiger partial charge is 0.338 e. The average molecular weight is 298 g/mol. The van der Waals surface area contributed by atoms with E-state index >= 15 is 0 Å². The van der Waals surface area contributed by atoms with Crippen molar-refractivity contribution in [1.82, 2.24) is 5.32 Å². The lowest BCUT2D eigenvalue weighted by molar-refractivity contribution is 0.0692. The van der Waals surface area contributed by atoms with Crippen molar-refractivity contribution in [3.8, 4) is 0 Å². The molecule has 2 rings (SSSR count). The van der Waals surface area contributed by atoms with E-state index in [9.17, 15) is 14.0 Å². The molecule has 0 aromatic heterocycles. The number of urea groups is 1. The molecule has 3 N–H and O–H groups in total. The van der Waals surface area contributed by atoms with Crippen LogP contribution in [0.4, 0.5) is 14.9 Å². The van der Waals surface area contributed by atoms with E-state index in [1.165, 1.54) is 6.07 Å². The van der Waals surface area contributed by atoms with Crippen LogP contribution < -0.4 is 10.6 Å². The van der Waals surface area contributed by atoms with Crippen LogP contribution in [0.1, 0.15) is 23.2 Å². The van der Waals surface area contributed by atoms with Crippen molar-refractivity contribution < 1.29 is 19.1 Å². The predicted molar refractivity (Wildman–Crippen MR) is 75.9 cm³/mol. The van der Waals surface area contributed by atoms with E-state index in [0.29, 0.717) is 0 Å². The molecule has 2 amide bonds. The topological polar surface area (TPSA) is 78.4 Å². The molecule has 0 bridgehead atoms. The van der Waals surface area contributed by atoms with Gasteiger partial charge in [0.25, 0.3) is 0 Å². The fraction of sp³-hybridized carbons (Fsp3) is 0.385. The van der Waals surface area contributed by atoms with Gasteiger partial charge in [-0.05, 0) is 36.8 Å². The van der Waals surface area contributed by atoms with Gasteiger partial charge in [0.15, 0.2) is 0 Å². The van der Waals surface area contributed by atoms with Crippen molar-refractivity contribution in [2.75, 3.05) is 16.8 Å². The summed E-state index contributed by atoms with van der Waals surface area (Å²) in [5, 5.41) is 14.2. The molecule has 1 aromatic rings. The number of hydrogen-bond donors (Lipinski definition) is 3. The molecule has 1 saturated heterocycles. The molecule has 1 unspecified atom stereocenters. The Morgan fingerprint density at radius 3 is 2.85 bits per heavy atom. The number of anilines is 1. The highest BCUT2D eigenvalue weighted by Crippen LogP contribution is 2.18. The normalized spacial score (nSPS) is 18.4. The maximum Gasteiger partial charge on any atom is 0.338 e. The van der Waals surface area contributed by atoms with Crippen molar-refractivity contribution in [2.45, 2.75) is 18.9 Å². The SMILES string of the molecule is O=C(Nc1ccc(F)c(C(=O)O)c1)NC1CCCSC1. The molecule has 0 saturated carbocycles. The van der Waals surface area contributed by atoms with Crippen LogP contribution in [0.15, 0.2) is 18.2 Å². The van der Waals surface area contributed by atoms with E-state index in [-0.39, 0.29) is 11.7 Å². The van der Waals surface area contributed by atoms with E-state index in [1.54, 1.807) is 11.8 Å². The minimum atomic E-state index is -1.37. The third-order valence-electron chi connectivity index (χ3n) is 2.95. The Morgan fingerprint density at radius 1 is 1.40 bits per heavy atom. The average Bonchev–Trinajstić information content (AvgIpc) is 2.41. The number of carbonyl (C=O) groups is 2. The van der Waals surface area contributed by atoms with Crippen molar-refractivity contribution in [3.05, 3.63) is 29.6 Å². The van der Waals surface area contributed by atoms with E-state index in [2.05, 4.69) is 10.6 Å². The molecule has 5 nitrogen and oxygen atoms in total. The Hall–Kier alpha value is -1.76. The fourth-order valence-corrected chi connectivity index (χ4v) is 3.05. The predicted octanol–water partition coefficient (Wildman–Crippen LogP) is 2.54. The van der Waals surface area contributed by atoms with E-state index in [0.717, 1.165) is 36.5 Å². The Bertz CT molecular complexity index is 518. The maximum atomic E-state index is 13.2. The van der Waals surface area contributed by atoms with Crippen molar-refractivity contribution >= 4 is 29.4 Å². The molecule has 1 atom stereocenters. The van der Waals surface area contributed by atoms with Gasteiger partial charge < -0.3 is 15.7 Å². The summed E-state index contributed by atoms with van der Waals surface area (Å²) in [5.74, 6) is -0.209. The lowest BCUT2D eigenvalue weighted by Crippen LogP contribution is -2.40. The van der Waals surface area contributed by atoms with Gasteiger partial charge in [-0.1, -0.05) is 0 Å². The maximum absolute atomic E-state index is 13.2. The highest BCUT2D eigenvalue weighted by molar-refractivity contribution is 7.99. The molecule has 20 heavy (non-hydrogen) atoms. The highest BCUT2D eigenvalue weighted by Gasteiger charge is 2.17. The van der Waals surface area contributed by atoms with Gasteiger partial charge in [0, 0.05) is 17.5 Å². The first-order valence-electron chi connectivity index (χ1n) is 6.24. The summed E-state index contributed by atoms with van der Waals surface area (Å²) in [7, 11) is 0. The Morgan fingerprint density at radius 2 is 2.20 bits per heavy atom. The van der Waals surface area contributed by atoms with Crippen LogP contribution in [-0.2, 0) is 0 Å². The lowest BCUT2D eigenvalue weighted by atomic mass is 10.2. The minimum Gasteiger partial charge on any atom is -0.478 e.